The summed E-state index contributed by atoms with van der Waals surface area (Å²) in [5.74, 6) is 0.257. The first-order valence-electron chi connectivity index (χ1n) is 9.00. The number of hydrogen-bond acceptors (Lipinski definition) is 3. The third-order valence-electron chi connectivity index (χ3n) is 5.22. The SMILES string of the molecule is Cc1cc(OC(=O)c2ccc(C3CCC(C)CC3)cc2)cc(F)c1C#N. The molecule has 0 amide bonds. The minimum atomic E-state index is -0.683. The van der Waals surface area contributed by atoms with Crippen LogP contribution in [0.5, 0.6) is 5.75 Å². The van der Waals surface area contributed by atoms with Gasteiger partial charge in [-0.3, -0.25) is 0 Å². The fraction of sp³-hybridized carbons (Fsp3) is 0.364. The maximum absolute atomic E-state index is 13.8. The van der Waals surface area contributed by atoms with Gasteiger partial charge < -0.3 is 4.74 Å². The van der Waals surface area contributed by atoms with Crippen molar-refractivity contribution in [3.05, 3.63) is 64.5 Å². The summed E-state index contributed by atoms with van der Waals surface area (Å²) in [6.07, 6.45) is 4.87. The second-order valence-corrected chi connectivity index (χ2v) is 7.18. The molecular weight excluding hydrogens is 329 g/mol. The average molecular weight is 351 g/mol. The summed E-state index contributed by atoms with van der Waals surface area (Å²) in [5, 5.41) is 8.90. The minimum Gasteiger partial charge on any atom is -0.423 e. The molecule has 134 valence electrons. The van der Waals surface area contributed by atoms with E-state index in [2.05, 4.69) is 6.92 Å². The molecule has 1 aliphatic carbocycles. The Morgan fingerprint density at radius 3 is 2.38 bits per heavy atom. The van der Waals surface area contributed by atoms with Crippen LogP contribution in [0.4, 0.5) is 4.39 Å². The first kappa shape index (κ1) is 18.1. The molecule has 4 heteroatoms. The lowest BCUT2D eigenvalue weighted by atomic mass is 9.79. The van der Waals surface area contributed by atoms with E-state index in [1.807, 2.05) is 12.1 Å². The Balaban J connectivity index is 1.70. The summed E-state index contributed by atoms with van der Waals surface area (Å²) in [6.45, 7) is 3.90. The number of benzene rings is 2. The number of aryl methyl sites for hydroxylation is 1. The second-order valence-electron chi connectivity index (χ2n) is 7.18. The molecule has 0 aromatic heterocycles. The molecule has 0 saturated heterocycles. The van der Waals surface area contributed by atoms with E-state index in [0.717, 1.165) is 12.0 Å². The van der Waals surface area contributed by atoms with Crippen molar-refractivity contribution in [1.29, 1.82) is 5.26 Å². The summed E-state index contributed by atoms with van der Waals surface area (Å²) in [5.41, 5.74) is 2.10. The number of carbonyl (C=O) groups is 1. The highest BCUT2D eigenvalue weighted by Gasteiger charge is 2.20. The highest BCUT2D eigenvalue weighted by atomic mass is 19.1. The van der Waals surface area contributed by atoms with Crippen LogP contribution in [0.2, 0.25) is 0 Å². The maximum atomic E-state index is 13.8. The summed E-state index contributed by atoms with van der Waals surface area (Å²) in [6, 6.07) is 11.9. The molecule has 0 radical (unpaired) electrons. The molecule has 1 saturated carbocycles. The Bertz CT molecular complexity index is 820. The maximum Gasteiger partial charge on any atom is 0.343 e. The minimum absolute atomic E-state index is 0.0315. The molecule has 2 aromatic carbocycles. The number of nitrogens with zero attached hydrogens (tertiary/aromatic N) is 1. The van der Waals surface area contributed by atoms with Gasteiger partial charge in [0.15, 0.2) is 0 Å². The zero-order valence-electron chi connectivity index (χ0n) is 15.1. The molecule has 3 nitrogen and oxygen atoms in total. The van der Waals surface area contributed by atoms with Crippen molar-refractivity contribution >= 4 is 5.97 Å². The largest absolute Gasteiger partial charge is 0.423 e. The highest BCUT2D eigenvalue weighted by Crippen LogP contribution is 2.35. The van der Waals surface area contributed by atoms with Gasteiger partial charge in [-0.05, 0) is 60.9 Å². The van der Waals surface area contributed by atoms with Crippen molar-refractivity contribution in [1.82, 2.24) is 0 Å². The van der Waals surface area contributed by atoms with Crippen LogP contribution in [0.3, 0.4) is 0 Å². The number of hydrogen-bond donors (Lipinski definition) is 0. The van der Waals surface area contributed by atoms with Crippen molar-refractivity contribution in [3.63, 3.8) is 0 Å². The summed E-state index contributed by atoms with van der Waals surface area (Å²) in [4.78, 5) is 12.3. The normalized spacial score (nSPS) is 19.6. The molecule has 0 N–H and O–H groups in total. The number of esters is 1. The van der Waals surface area contributed by atoms with E-state index in [1.54, 1.807) is 25.1 Å². The van der Waals surface area contributed by atoms with E-state index in [9.17, 15) is 9.18 Å². The van der Waals surface area contributed by atoms with Gasteiger partial charge in [-0.15, -0.1) is 0 Å². The van der Waals surface area contributed by atoms with Gasteiger partial charge in [0.1, 0.15) is 17.6 Å². The molecule has 0 bridgehead atoms. The molecular formula is C22H22FNO2. The van der Waals surface area contributed by atoms with Crippen molar-refractivity contribution in [3.8, 4) is 11.8 Å². The molecule has 2 aromatic rings. The summed E-state index contributed by atoms with van der Waals surface area (Å²) in [7, 11) is 0. The van der Waals surface area contributed by atoms with Gasteiger partial charge in [-0.1, -0.05) is 31.9 Å². The molecule has 0 unspecified atom stereocenters. The van der Waals surface area contributed by atoms with Gasteiger partial charge >= 0.3 is 5.97 Å². The van der Waals surface area contributed by atoms with Crippen LogP contribution in [0, 0.1) is 30.0 Å². The second kappa shape index (κ2) is 7.70. The van der Waals surface area contributed by atoms with Crippen molar-refractivity contribution in [2.24, 2.45) is 5.92 Å². The fourth-order valence-corrected chi connectivity index (χ4v) is 3.56. The van der Waals surface area contributed by atoms with E-state index in [1.165, 1.54) is 37.3 Å². The first-order chi connectivity index (χ1) is 12.5. The molecule has 3 rings (SSSR count). The zero-order valence-corrected chi connectivity index (χ0v) is 15.1. The predicted molar refractivity (Wildman–Crippen MR) is 97.6 cm³/mol. The zero-order chi connectivity index (χ0) is 18.7. The lowest BCUT2D eigenvalue weighted by Gasteiger charge is -2.26. The Kier molecular flexibility index (Phi) is 5.37. The van der Waals surface area contributed by atoms with Crippen LogP contribution in [0.25, 0.3) is 0 Å². The number of rotatable bonds is 3. The molecule has 0 atom stereocenters. The molecule has 26 heavy (non-hydrogen) atoms. The van der Waals surface area contributed by atoms with E-state index < -0.39 is 11.8 Å². The molecule has 0 heterocycles. The topological polar surface area (TPSA) is 50.1 Å². The fourth-order valence-electron chi connectivity index (χ4n) is 3.56. The van der Waals surface area contributed by atoms with Gasteiger partial charge in [0.2, 0.25) is 0 Å². The highest BCUT2D eigenvalue weighted by molar-refractivity contribution is 5.91. The van der Waals surface area contributed by atoms with E-state index in [0.29, 0.717) is 17.0 Å². The number of ether oxygens (including phenoxy) is 1. The van der Waals surface area contributed by atoms with E-state index >= 15 is 0 Å². The van der Waals surface area contributed by atoms with Crippen LogP contribution < -0.4 is 4.74 Å². The van der Waals surface area contributed by atoms with E-state index in [-0.39, 0.29) is 11.3 Å². The number of halogens is 1. The van der Waals surface area contributed by atoms with Crippen LogP contribution in [0.15, 0.2) is 36.4 Å². The molecule has 0 spiro atoms. The van der Waals surface area contributed by atoms with Gasteiger partial charge in [0.05, 0.1) is 11.1 Å². The summed E-state index contributed by atoms with van der Waals surface area (Å²) < 4.78 is 19.1. The predicted octanol–water partition coefficient (Wildman–Crippen LogP) is 5.52. The van der Waals surface area contributed by atoms with Crippen LogP contribution in [-0.4, -0.2) is 5.97 Å². The lowest BCUT2D eigenvalue weighted by Crippen LogP contribution is -2.12. The van der Waals surface area contributed by atoms with Crippen molar-refractivity contribution < 1.29 is 13.9 Å². The lowest BCUT2D eigenvalue weighted by molar-refractivity contribution is 0.0734. The van der Waals surface area contributed by atoms with Crippen LogP contribution in [0.1, 0.15) is 65.6 Å². The van der Waals surface area contributed by atoms with Crippen molar-refractivity contribution in [2.45, 2.75) is 45.4 Å². The quantitative estimate of drug-likeness (QED) is 0.540. The third kappa shape index (κ3) is 3.94. The molecule has 0 aliphatic heterocycles. The smallest absolute Gasteiger partial charge is 0.343 e. The van der Waals surface area contributed by atoms with Crippen molar-refractivity contribution in [2.75, 3.05) is 0 Å². The van der Waals surface area contributed by atoms with Gasteiger partial charge in [0, 0.05) is 6.07 Å². The van der Waals surface area contributed by atoms with Gasteiger partial charge in [-0.2, -0.15) is 5.26 Å². The van der Waals surface area contributed by atoms with Crippen LogP contribution >= 0.6 is 0 Å². The molecule has 1 aliphatic rings. The molecule has 1 fully saturated rings. The Morgan fingerprint density at radius 2 is 1.81 bits per heavy atom. The third-order valence-corrected chi connectivity index (χ3v) is 5.22. The Hall–Kier alpha value is -2.67. The summed E-state index contributed by atoms with van der Waals surface area (Å²) >= 11 is 0. The van der Waals surface area contributed by atoms with Gasteiger partial charge in [-0.25, -0.2) is 9.18 Å². The monoisotopic (exact) mass is 351 g/mol. The average Bonchev–Trinajstić information content (AvgIpc) is 2.62. The van der Waals surface area contributed by atoms with E-state index in [4.69, 9.17) is 10.00 Å². The Morgan fingerprint density at radius 1 is 1.15 bits per heavy atom. The number of nitriles is 1. The Labute approximate surface area is 153 Å². The number of carbonyl (C=O) groups excluding carboxylic acids is 1. The standard InChI is InChI=1S/C22H22FNO2/c1-14-3-5-16(6-4-14)17-7-9-18(10-8-17)22(25)26-19-11-15(2)20(13-24)21(23)12-19/h7-12,14,16H,3-6H2,1-2H3. The van der Waals surface area contributed by atoms with Crippen LogP contribution in [-0.2, 0) is 0 Å². The van der Waals surface area contributed by atoms with Gasteiger partial charge in [0.25, 0.3) is 0 Å². The first-order valence-corrected chi connectivity index (χ1v) is 9.00.